The van der Waals surface area contributed by atoms with Gasteiger partial charge in [-0.1, -0.05) is 11.6 Å². The van der Waals surface area contributed by atoms with Gasteiger partial charge in [0.2, 0.25) is 0 Å². The van der Waals surface area contributed by atoms with Gasteiger partial charge in [-0.3, -0.25) is 0 Å². The van der Waals surface area contributed by atoms with Gasteiger partial charge in [-0.25, -0.2) is 0 Å². The lowest BCUT2D eigenvalue weighted by molar-refractivity contribution is 0.287. The van der Waals surface area contributed by atoms with Crippen LogP contribution in [0.5, 0.6) is 5.75 Å². The first kappa shape index (κ1) is 11.8. The topological polar surface area (TPSA) is 29.5 Å². The predicted octanol–water partition coefficient (Wildman–Crippen LogP) is 3.04. The third kappa shape index (κ3) is 2.87. The fourth-order valence-electron chi connectivity index (χ4n) is 1.30. The summed E-state index contributed by atoms with van der Waals surface area (Å²) in [6, 6.07) is 3.66. The number of aryl methyl sites for hydroxylation is 1. The van der Waals surface area contributed by atoms with Crippen LogP contribution in [0.4, 0.5) is 0 Å². The van der Waals surface area contributed by atoms with Crippen LogP contribution >= 0.6 is 27.5 Å². The molecule has 0 saturated heterocycles. The molecule has 1 aromatic rings. The van der Waals surface area contributed by atoms with Gasteiger partial charge in [0, 0.05) is 11.6 Å². The predicted molar refractivity (Wildman–Crippen MR) is 61.1 cm³/mol. The molecule has 2 nitrogen and oxygen atoms in total. The van der Waals surface area contributed by atoms with Crippen molar-refractivity contribution in [3.63, 3.8) is 0 Å². The Morgan fingerprint density at radius 3 is 2.79 bits per heavy atom. The molecule has 0 bridgehead atoms. The molecule has 0 aliphatic rings. The molecular weight excluding hydrogens is 267 g/mol. The molecule has 0 aromatic heterocycles. The van der Waals surface area contributed by atoms with E-state index in [9.17, 15) is 0 Å². The van der Waals surface area contributed by atoms with E-state index < -0.39 is 0 Å². The lowest BCUT2D eigenvalue weighted by atomic mass is 10.1. The molecule has 0 atom stereocenters. The summed E-state index contributed by atoms with van der Waals surface area (Å²) in [5, 5.41) is 9.42. The lowest BCUT2D eigenvalue weighted by Crippen LogP contribution is -1.95. The third-order valence-corrected chi connectivity index (χ3v) is 2.70. The Bertz CT molecular complexity index is 315. The van der Waals surface area contributed by atoms with E-state index in [2.05, 4.69) is 15.9 Å². The molecule has 0 aliphatic carbocycles. The molecule has 0 heterocycles. The van der Waals surface area contributed by atoms with Gasteiger partial charge in [0.25, 0.3) is 0 Å². The van der Waals surface area contributed by atoms with E-state index in [1.54, 1.807) is 13.2 Å². The second kappa shape index (κ2) is 5.59. The SMILES string of the molecule is COc1c(Br)cc(Cl)cc1CCCO. The zero-order valence-electron chi connectivity index (χ0n) is 7.89. The standard InChI is InChI=1S/C10H12BrClO2/c1-14-10-7(3-2-4-13)5-8(12)6-9(10)11/h5-6,13H,2-4H2,1H3. The Hall–Kier alpha value is -0.250. The first-order chi connectivity index (χ1) is 6.69. The van der Waals surface area contributed by atoms with E-state index in [4.69, 9.17) is 21.4 Å². The number of halogens is 2. The number of methoxy groups -OCH3 is 1. The van der Waals surface area contributed by atoms with Gasteiger partial charge >= 0.3 is 0 Å². The zero-order valence-corrected chi connectivity index (χ0v) is 10.2. The second-order valence-electron chi connectivity index (χ2n) is 2.91. The van der Waals surface area contributed by atoms with Crippen molar-refractivity contribution in [2.24, 2.45) is 0 Å². The quantitative estimate of drug-likeness (QED) is 0.918. The molecule has 0 spiro atoms. The number of ether oxygens (including phenoxy) is 1. The van der Waals surface area contributed by atoms with Crippen molar-refractivity contribution < 1.29 is 9.84 Å². The van der Waals surface area contributed by atoms with Crippen molar-refractivity contribution in [1.82, 2.24) is 0 Å². The molecule has 78 valence electrons. The van der Waals surface area contributed by atoms with Gasteiger partial charge in [0.15, 0.2) is 0 Å². The van der Waals surface area contributed by atoms with Crippen LogP contribution in [0.2, 0.25) is 5.02 Å². The van der Waals surface area contributed by atoms with E-state index in [0.29, 0.717) is 11.4 Å². The number of hydrogen-bond acceptors (Lipinski definition) is 2. The Labute approximate surface area is 97.0 Å². The highest BCUT2D eigenvalue weighted by molar-refractivity contribution is 9.10. The van der Waals surface area contributed by atoms with Gasteiger partial charge in [-0.05, 0) is 46.5 Å². The highest BCUT2D eigenvalue weighted by atomic mass is 79.9. The van der Waals surface area contributed by atoms with Crippen LogP contribution in [-0.2, 0) is 6.42 Å². The van der Waals surface area contributed by atoms with Gasteiger partial charge in [0.1, 0.15) is 5.75 Å². The molecule has 0 amide bonds. The number of benzene rings is 1. The molecular formula is C10H12BrClO2. The van der Waals surface area contributed by atoms with Crippen molar-refractivity contribution >= 4 is 27.5 Å². The van der Waals surface area contributed by atoms with Gasteiger partial charge < -0.3 is 9.84 Å². The third-order valence-electron chi connectivity index (χ3n) is 1.89. The summed E-state index contributed by atoms with van der Waals surface area (Å²) < 4.78 is 6.09. The smallest absolute Gasteiger partial charge is 0.136 e. The van der Waals surface area contributed by atoms with E-state index >= 15 is 0 Å². The zero-order chi connectivity index (χ0) is 10.6. The number of rotatable bonds is 4. The Kier molecular flexibility index (Phi) is 4.72. The van der Waals surface area contributed by atoms with Crippen LogP contribution < -0.4 is 4.74 Å². The molecule has 0 saturated carbocycles. The minimum atomic E-state index is 0.174. The van der Waals surface area contributed by atoms with Crippen molar-refractivity contribution in [2.45, 2.75) is 12.8 Å². The van der Waals surface area contributed by atoms with Crippen molar-refractivity contribution in [1.29, 1.82) is 0 Å². The van der Waals surface area contributed by atoms with E-state index in [1.807, 2.05) is 6.07 Å². The molecule has 0 aliphatic heterocycles. The number of aliphatic hydroxyl groups is 1. The largest absolute Gasteiger partial charge is 0.495 e. The highest BCUT2D eigenvalue weighted by Gasteiger charge is 2.08. The Morgan fingerprint density at radius 2 is 2.21 bits per heavy atom. The summed E-state index contributed by atoms with van der Waals surface area (Å²) in [6.45, 7) is 0.174. The fourth-order valence-corrected chi connectivity index (χ4v) is 2.33. The van der Waals surface area contributed by atoms with Crippen molar-refractivity contribution in [2.75, 3.05) is 13.7 Å². The maximum absolute atomic E-state index is 8.74. The molecule has 1 rings (SSSR count). The Balaban J connectivity index is 2.99. The minimum absolute atomic E-state index is 0.174. The molecule has 1 N–H and O–H groups in total. The fraction of sp³-hybridized carbons (Fsp3) is 0.400. The monoisotopic (exact) mass is 278 g/mol. The van der Waals surface area contributed by atoms with Gasteiger partial charge in [0.05, 0.1) is 11.6 Å². The van der Waals surface area contributed by atoms with Crippen LogP contribution in [-0.4, -0.2) is 18.8 Å². The number of aliphatic hydroxyl groups excluding tert-OH is 1. The first-order valence-corrected chi connectivity index (χ1v) is 5.49. The molecule has 14 heavy (non-hydrogen) atoms. The van der Waals surface area contributed by atoms with Crippen LogP contribution in [0.25, 0.3) is 0 Å². The van der Waals surface area contributed by atoms with Gasteiger partial charge in [-0.15, -0.1) is 0 Å². The summed E-state index contributed by atoms with van der Waals surface area (Å²) in [6.07, 6.45) is 1.47. The van der Waals surface area contributed by atoms with Gasteiger partial charge in [-0.2, -0.15) is 0 Å². The molecule has 0 radical (unpaired) electrons. The first-order valence-electron chi connectivity index (χ1n) is 4.31. The normalized spacial score (nSPS) is 10.3. The molecule has 4 heteroatoms. The minimum Gasteiger partial charge on any atom is -0.495 e. The van der Waals surface area contributed by atoms with Crippen LogP contribution in [0, 0.1) is 0 Å². The van der Waals surface area contributed by atoms with Crippen LogP contribution in [0.15, 0.2) is 16.6 Å². The number of hydrogen-bond donors (Lipinski definition) is 1. The second-order valence-corrected chi connectivity index (χ2v) is 4.20. The Morgan fingerprint density at radius 1 is 1.50 bits per heavy atom. The molecule has 0 unspecified atom stereocenters. The average Bonchev–Trinajstić information content (AvgIpc) is 2.14. The van der Waals surface area contributed by atoms with E-state index in [1.165, 1.54) is 0 Å². The maximum Gasteiger partial charge on any atom is 0.136 e. The van der Waals surface area contributed by atoms with Crippen molar-refractivity contribution in [3.8, 4) is 5.75 Å². The summed E-state index contributed by atoms with van der Waals surface area (Å²) in [5.74, 6) is 0.794. The van der Waals surface area contributed by atoms with Crippen molar-refractivity contribution in [3.05, 3.63) is 27.2 Å². The maximum atomic E-state index is 8.74. The van der Waals surface area contributed by atoms with E-state index in [-0.39, 0.29) is 6.61 Å². The summed E-state index contributed by atoms with van der Waals surface area (Å²) in [5.41, 5.74) is 1.01. The highest BCUT2D eigenvalue weighted by Crippen LogP contribution is 2.33. The average molecular weight is 280 g/mol. The molecule has 0 fully saturated rings. The van der Waals surface area contributed by atoms with Crippen LogP contribution in [0.1, 0.15) is 12.0 Å². The summed E-state index contributed by atoms with van der Waals surface area (Å²) in [4.78, 5) is 0. The van der Waals surface area contributed by atoms with E-state index in [0.717, 1.165) is 22.2 Å². The summed E-state index contributed by atoms with van der Waals surface area (Å²) >= 11 is 9.29. The molecule has 1 aromatic carbocycles. The lowest BCUT2D eigenvalue weighted by Gasteiger charge is -2.10. The van der Waals surface area contributed by atoms with Crippen LogP contribution in [0.3, 0.4) is 0 Å². The summed E-state index contributed by atoms with van der Waals surface area (Å²) in [7, 11) is 1.62.